The Morgan fingerprint density at radius 1 is 0.917 bits per heavy atom. The van der Waals surface area contributed by atoms with E-state index in [9.17, 15) is 0 Å². The monoisotopic (exact) mass is 480 g/mol. The summed E-state index contributed by atoms with van der Waals surface area (Å²) < 4.78 is 14.7. The third kappa shape index (κ3) is 5.26. The summed E-state index contributed by atoms with van der Waals surface area (Å²) in [4.78, 5) is 0. The molecule has 1 atom stereocenters. The molecule has 0 fully saturated rings. The highest BCUT2D eigenvalue weighted by Gasteiger charge is 2.37. The van der Waals surface area contributed by atoms with Crippen LogP contribution < -0.4 is 14.0 Å². The zero-order valence-electron chi connectivity index (χ0n) is 22.1. The molecule has 0 spiro atoms. The molecule has 3 heteroatoms. The van der Waals surface area contributed by atoms with Crippen molar-refractivity contribution in [1.29, 1.82) is 0 Å². The predicted molar refractivity (Wildman–Crippen MR) is 147 cm³/mol. The van der Waals surface area contributed by atoms with Crippen molar-refractivity contribution in [2.75, 3.05) is 7.11 Å². The summed E-state index contributed by atoms with van der Waals surface area (Å²) in [5.41, 5.74) is 4.86. The highest BCUT2D eigenvalue weighted by atomic mass is 16.5. The van der Waals surface area contributed by atoms with Crippen LogP contribution in [0.25, 0.3) is 10.8 Å². The molecule has 1 unspecified atom stereocenters. The van der Waals surface area contributed by atoms with E-state index in [4.69, 9.17) is 9.47 Å². The number of pyridine rings is 1. The second kappa shape index (κ2) is 10.3. The maximum atomic E-state index is 6.51. The summed E-state index contributed by atoms with van der Waals surface area (Å²) in [6, 6.07) is 24.3. The highest BCUT2D eigenvalue weighted by molar-refractivity contribution is 5.82. The van der Waals surface area contributed by atoms with Gasteiger partial charge in [0.25, 0.3) is 0 Å². The number of rotatable bonds is 8. The molecule has 0 N–H and O–H groups in total. The molecule has 1 aromatic heterocycles. The van der Waals surface area contributed by atoms with Crippen molar-refractivity contribution in [3.8, 4) is 11.5 Å². The van der Waals surface area contributed by atoms with Gasteiger partial charge in [-0.05, 0) is 73.2 Å². The van der Waals surface area contributed by atoms with Crippen LogP contribution in [0.2, 0.25) is 0 Å². The Kier molecular flexibility index (Phi) is 7.00. The molecule has 0 bridgehead atoms. The normalized spacial score (nSPS) is 16.4. The van der Waals surface area contributed by atoms with Crippen LogP contribution in [0.5, 0.6) is 11.5 Å². The van der Waals surface area contributed by atoms with Crippen molar-refractivity contribution in [1.82, 2.24) is 0 Å². The van der Waals surface area contributed by atoms with Crippen molar-refractivity contribution < 1.29 is 14.0 Å². The van der Waals surface area contributed by atoms with Gasteiger partial charge in [-0.25, -0.2) is 4.57 Å². The molecular weight excluding hydrogens is 442 g/mol. The van der Waals surface area contributed by atoms with Crippen LogP contribution in [0, 0.1) is 0 Å². The molecule has 3 aromatic carbocycles. The molecule has 186 valence electrons. The summed E-state index contributed by atoms with van der Waals surface area (Å²) in [6.07, 6.45) is 10.1. The molecule has 3 nitrogen and oxygen atoms in total. The number of nitrogens with zero attached hydrogens (tertiary/aromatic N) is 1. The first kappa shape index (κ1) is 24.4. The van der Waals surface area contributed by atoms with Gasteiger partial charge in [-0.3, -0.25) is 0 Å². The summed E-state index contributed by atoms with van der Waals surface area (Å²) in [7, 11) is 1.78. The number of hydrogen-bond acceptors (Lipinski definition) is 2. The quantitative estimate of drug-likeness (QED) is 0.191. The smallest absolute Gasteiger partial charge is 0.173 e. The Labute approximate surface area is 215 Å². The summed E-state index contributed by atoms with van der Waals surface area (Å²) in [5.74, 6) is 2.17. The average molecular weight is 481 g/mol. The van der Waals surface area contributed by atoms with E-state index in [1.807, 2.05) is 0 Å². The van der Waals surface area contributed by atoms with Gasteiger partial charge < -0.3 is 9.47 Å². The lowest BCUT2D eigenvalue weighted by atomic mass is 9.79. The number of benzene rings is 3. The van der Waals surface area contributed by atoms with E-state index in [1.165, 1.54) is 52.3 Å². The SMILES string of the molecule is CCCCCc1cc(OC)c2c(c1)OC(C)(C)CC2c1cc[n+](Cc2ccc3ccccc3c2)cc1. The lowest BCUT2D eigenvalue weighted by Crippen LogP contribution is -2.36. The molecule has 0 saturated heterocycles. The molecule has 0 saturated carbocycles. The largest absolute Gasteiger partial charge is 0.496 e. The van der Waals surface area contributed by atoms with Crippen LogP contribution in [0.3, 0.4) is 0 Å². The Bertz CT molecular complexity index is 1340. The van der Waals surface area contributed by atoms with Crippen molar-refractivity contribution in [3.63, 3.8) is 0 Å². The van der Waals surface area contributed by atoms with Crippen molar-refractivity contribution in [2.45, 2.75) is 70.9 Å². The number of fused-ring (bicyclic) bond motifs is 2. The van der Waals surface area contributed by atoms with Gasteiger partial charge in [-0.15, -0.1) is 0 Å². The van der Waals surface area contributed by atoms with Crippen LogP contribution in [0.15, 0.2) is 79.1 Å². The molecule has 1 aliphatic rings. The van der Waals surface area contributed by atoms with Crippen molar-refractivity contribution in [2.24, 2.45) is 0 Å². The van der Waals surface area contributed by atoms with Gasteiger partial charge in [-0.1, -0.05) is 56.2 Å². The third-order valence-corrected chi connectivity index (χ3v) is 7.38. The number of ether oxygens (including phenoxy) is 2. The van der Waals surface area contributed by atoms with Gasteiger partial charge in [0.2, 0.25) is 0 Å². The Morgan fingerprint density at radius 3 is 2.44 bits per heavy atom. The fraction of sp³-hybridized carbons (Fsp3) is 0.364. The predicted octanol–water partition coefficient (Wildman–Crippen LogP) is 7.61. The lowest BCUT2D eigenvalue weighted by Gasteiger charge is -2.38. The van der Waals surface area contributed by atoms with E-state index >= 15 is 0 Å². The van der Waals surface area contributed by atoms with Gasteiger partial charge in [0, 0.05) is 29.2 Å². The number of methoxy groups -OCH3 is 1. The van der Waals surface area contributed by atoms with Crippen molar-refractivity contribution in [3.05, 3.63) is 101 Å². The molecule has 36 heavy (non-hydrogen) atoms. The molecular formula is C33H38NO2+. The van der Waals surface area contributed by atoms with E-state index in [-0.39, 0.29) is 11.5 Å². The van der Waals surface area contributed by atoms with Crippen molar-refractivity contribution >= 4 is 10.8 Å². The molecule has 2 heterocycles. The Balaban J connectivity index is 1.42. The minimum atomic E-state index is -0.234. The summed E-state index contributed by atoms with van der Waals surface area (Å²) >= 11 is 0. The lowest BCUT2D eigenvalue weighted by molar-refractivity contribution is -0.688. The van der Waals surface area contributed by atoms with E-state index in [2.05, 4.69) is 104 Å². The minimum absolute atomic E-state index is 0.234. The van der Waals surface area contributed by atoms with E-state index < -0.39 is 0 Å². The second-order valence-corrected chi connectivity index (χ2v) is 10.8. The van der Waals surface area contributed by atoms with Gasteiger partial charge in [0.1, 0.15) is 17.1 Å². The Hall–Kier alpha value is -3.33. The standard InChI is InChI=1S/C33H38NO2/c1-5-6-7-10-24-20-30(35-4)32-29(22-33(2,3)36-31(32)21-24)27-15-17-34(18-16-27)23-25-13-14-26-11-8-9-12-28(26)19-25/h8-9,11-21,29H,5-7,10,22-23H2,1-4H3/q+1. The van der Waals surface area contributed by atoms with Crippen LogP contribution in [-0.2, 0) is 13.0 Å². The van der Waals surface area contributed by atoms with Gasteiger partial charge in [0.05, 0.1) is 7.11 Å². The van der Waals surface area contributed by atoms with Crippen LogP contribution in [-0.4, -0.2) is 12.7 Å². The second-order valence-electron chi connectivity index (χ2n) is 10.8. The fourth-order valence-electron chi connectivity index (χ4n) is 5.55. The highest BCUT2D eigenvalue weighted by Crippen LogP contribution is 2.48. The van der Waals surface area contributed by atoms with Crippen LogP contribution in [0.4, 0.5) is 0 Å². The van der Waals surface area contributed by atoms with E-state index in [0.717, 1.165) is 30.9 Å². The number of aryl methyl sites for hydroxylation is 1. The zero-order chi connectivity index (χ0) is 25.1. The van der Waals surface area contributed by atoms with Gasteiger partial charge in [0.15, 0.2) is 18.9 Å². The average Bonchev–Trinajstić information content (AvgIpc) is 2.87. The third-order valence-electron chi connectivity index (χ3n) is 7.38. The minimum Gasteiger partial charge on any atom is -0.496 e. The molecule has 0 radical (unpaired) electrons. The number of unbranched alkanes of at least 4 members (excludes halogenated alkanes) is 2. The van der Waals surface area contributed by atoms with E-state index in [1.54, 1.807) is 7.11 Å². The van der Waals surface area contributed by atoms with Crippen LogP contribution >= 0.6 is 0 Å². The number of hydrogen-bond donors (Lipinski definition) is 0. The van der Waals surface area contributed by atoms with Gasteiger partial charge in [-0.2, -0.15) is 0 Å². The molecule has 5 rings (SSSR count). The summed E-state index contributed by atoms with van der Waals surface area (Å²) in [5, 5.41) is 2.57. The van der Waals surface area contributed by atoms with Crippen LogP contribution in [0.1, 0.15) is 74.6 Å². The topological polar surface area (TPSA) is 22.3 Å². The fourth-order valence-corrected chi connectivity index (χ4v) is 5.55. The molecule has 1 aliphatic heterocycles. The maximum absolute atomic E-state index is 6.51. The Morgan fingerprint density at radius 2 is 1.69 bits per heavy atom. The zero-order valence-corrected chi connectivity index (χ0v) is 22.1. The first-order valence-corrected chi connectivity index (χ1v) is 13.3. The molecule has 4 aromatic rings. The molecule has 0 aliphatic carbocycles. The van der Waals surface area contributed by atoms with E-state index in [0.29, 0.717) is 0 Å². The summed E-state index contributed by atoms with van der Waals surface area (Å²) in [6.45, 7) is 7.49. The number of aromatic nitrogens is 1. The molecule has 0 amide bonds. The first-order chi connectivity index (χ1) is 17.5. The first-order valence-electron chi connectivity index (χ1n) is 13.3. The van der Waals surface area contributed by atoms with Gasteiger partial charge >= 0.3 is 0 Å². The maximum Gasteiger partial charge on any atom is 0.173 e.